The van der Waals surface area contributed by atoms with Crippen molar-refractivity contribution < 1.29 is 23.1 Å². The summed E-state index contributed by atoms with van der Waals surface area (Å²) in [7, 11) is 0. The number of unbranched alkanes of at least 4 members (excludes halogenated alkanes) is 4. The average molecular weight is 491 g/mol. The number of anilines is 1. The Morgan fingerprint density at radius 3 is 2.53 bits per heavy atom. The van der Waals surface area contributed by atoms with Crippen LogP contribution >= 0.6 is 23.1 Å². The van der Waals surface area contributed by atoms with Crippen LogP contribution < -0.4 is 4.90 Å². The Balaban J connectivity index is 2.08. The van der Waals surface area contributed by atoms with Gasteiger partial charge >= 0.3 is 12.1 Å². The first-order valence-corrected chi connectivity index (χ1v) is 12.2. The second-order valence-electron chi connectivity index (χ2n) is 7.91. The SMILES string of the molecule is CCCCCCCN(CCc1csc(SC(C)(C)C(=O)O)n1)c1nccc(C(F)(F)F)n1. The zero-order valence-electron chi connectivity index (χ0n) is 18.5. The van der Waals surface area contributed by atoms with E-state index in [9.17, 15) is 23.1 Å². The van der Waals surface area contributed by atoms with Crippen molar-refractivity contribution in [3.8, 4) is 0 Å². The third-order valence-electron chi connectivity index (χ3n) is 4.77. The Bertz CT molecular complexity index is 875. The molecule has 6 nitrogen and oxygen atoms in total. The number of thiazole rings is 1. The number of nitrogens with zero attached hydrogens (tertiary/aromatic N) is 4. The molecule has 32 heavy (non-hydrogen) atoms. The Labute approximate surface area is 194 Å². The highest BCUT2D eigenvalue weighted by Crippen LogP contribution is 2.35. The van der Waals surface area contributed by atoms with Crippen LogP contribution in [0.4, 0.5) is 19.1 Å². The maximum absolute atomic E-state index is 13.1. The Morgan fingerprint density at radius 1 is 1.16 bits per heavy atom. The molecule has 0 saturated carbocycles. The number of hydrogen-bond acceptors (Lipinski definition) is 7. The number of rotatable bonds is 13. The predicted molar refractivity (Wildman–Crippen MR) is 121 cm³/mol. The molecule has 11 heteroatoms. The third kappa shape index (κ3) is 8.23. The van der Waals surface area contributed by atoms with Gasteiger partial charge < -0.3 is 10.0 Å². The quantitative estimate of drug-likeness (QED) is 0.275. The molecule has 0 unspecified atom stereocenters. The van der Waals surface area contributed by atoms with E-state index in [-0.39, 0.29) is 5.95 Å². The van der Waals surface area contributed by atoms with Gasteiger partial charge in [0.25, 0.3) is 0 Å². The lowest BCUT2D eigenvalue weighted by atomic mass is 10.1. The third-order valence-corrected chi connectivity index (χ3v) is 6.95. The minimum atomic E-state index is -4.53. The van der Waals surface area contributed by atoms with Gasteiger partial charge in [-0.15, -0.1) is 11.3 Å². The van der Waals surface area contributed by atoms with E-state index in [1.807, 2.05) is 5.38 Å². The molecule has 0 aliphatic rings. The number of carboxylic acids is 1. The van der Waals surface area contributed by atoms with E-state index < -0.39 is 22.6 Å². The monoisotopic (exact) mass is 490 g/mol. The first-order chi connectivity index (χ1) is 15.0. The van der Waals surface area contributed by atoms with Crippen LogP contribution in [0.2, 0.25) is 0 Å². The molecule has 0 atom stereocenters. The number of carboxylic acid groups (broad SMARTS) is 1. The summed E-state index contributed by atoms with van der Waals surface area (Å²) in [5, 5.41) is 11.1. The molecule has 0 saturated heterocycles. The van der Waals surface area contributed by atoms with E-state index in [0.29, 0.717) is 23.8 Å². The highest BCUT2D eigenvalue weighted by atomic mass is 32.2. The van der Waals surface area contributed by atoms with Gasteiger partial charge in [-0.3, -0.25) is 4.79 Å². The molecule has 1 N–H and O–H groups in total. The fourth-order valence-electron chi connectivity index (χ4n) is 2.84. The molecule has 2 heterocycles. The van der Waals surface area contributed by atoms with Gasteiger partial charge in [0.2, 0.25) is 5.95 Å². The first-order valence-electron chi connectivity index (χ1n) is 10.5. The number of carbonyl (C=O) groups is 1. The molecular formula is C21H29F3N4O2S2. The van der Waals surface area contributed by atoms with Crippen LogP contribution in [-0.4, -0.2) is 43.9 Å². The van der Waals surface area contributed by atoms with Gasteiger partial charge in [0, 0.05) is 31.1 Å². The van der Waals surface area contributed by atoms with Crippen molar-refractivity contribution in [2.24, 2.45) is 0 Å². The van der Waals surface area contributed by atoms with E-state index in [0.717, 1.165) is 50.1 Å². The normalized spacial score (nSPS) is 12.2. The van der Waals surface area contributed by atoms with E-state index in [1.54, 1.807) is 18.7 Å². The zero-order chi connectivity index (χ0) is 23.8. The van der Waals surface area contributed by atoms with Crippen LogP contribution in [0.15, 0.2) is 22.0 Å². The van der Waals surface area contributed by atoms with Gasteiger partial charge in [0.05, 0.1) is 5.69 Å². The summed E-state index contributed by atoms with van der Waals surface area (Å²) in [5.74, 6) is -0.859. The van der Waals surface area contributed by atoms with Crippen molar-refractivity contribution in [3.63, 3.8) is 0 Å². The standard InChI is InChI=1S/C21H29F3N4O2S2/c1-4-5-6-7-8-12-28(18-25-11-9-16(27-18)21(22,23)24)13-10-15-14-31-19(26-15)32-20(2,3)17(29)30/h9,11,14H,4-8,10,12-13H2,1-3H3,(H,29,30). The molecule has 0 aliphatic heterocycles. The van der Waals surface area contributed by atoms with E-state index in [4.69, 9.17) is 0 Å². The number of hydrogen-bond donors (Lipinski definition) is 1. The molecule has 0 bridgehead atoms. The number of aromatic nitrogens is 3. The molecule has 178 valence electrons. The summed E-state index contributed by atoms with van der Waals surface area (Å²) in [5.41, 5.74) is -0.191. The predicted octanol–water partition coefficient (Wildman–Crippen LogP) is 5.93. The number of halogens is 3. The van der Waals surface area contributed by atoms with Gasteiger partial charge in [0.15, 0.2) is 4.34 Å². The largest absolute Gasteiger partial charge is 0.480 e. The van der Waals surface area contributed by atoms with Crippen molar-refractivity contribution in [3.05, 3.63) is 29.0 Å². The summed E-state index contributed by atoms with van der Waals surface area (Å²) in [6.07, 6.45) is 2.27. The van der Waals surface area contributed by atoms with E-state index in [1.165, 1.54) is 23.1 Å². The van der Waals surface area contributed by atoms with Crippen LogP contribution in [0.1, 0.15) is 64.3 Å². The van der Waals surface area contributed by atoms with Crippen LogP contribution in [0.5, 0.6) is 0 Å². The maximum Gasteiger partial charge on any atom is 0.433 e. The maximum atomic E-state index is 13.1. The summed E-state index contributed by atoms with van der Waals surface area (Å²) >= 11 is 2.54. The smallest absolute Gasteiger partial charge is 0.433 e. The van der Waals surface area contributed by atoms with Gasteiger partial charge in [0.1, 0.15) is 10.4 Å². The zero-order valence-corrected chi connectivity index (χ0v) is 20.1. The Kier molecular flexibility index (Phi) is 9.75. The van der Waals surface area contributed by atoms with Crippen LogP contribution in [0.25, 0.3) is 0 Å². The summed E-state index contributed by atoms with van der Waals surface area (Å²) < 4.78 is 39.0. The van der Waals surface area contributed by atoms with Crippen molar-refractivity contribution in [1.82, 2.24) is 15.0 Å². The van der Waals surface area contributed by atoms with Crippen molar-refractivity contribution in [2.45, 2.75) is 74.6 Å². The number of alkyl halides is 3. The second kappa shape index (κ2) is 11.8. The average Bonchev–Trinajstić information content (AvgIpc) is 3.16. The lowest BCUT2D eigenvalue weighted by molar-refractivity contribution is -0.141. The van der Waals surface area contributed by atoms with Gasteiger partial charge in [-0.05, 0) is 26.3 Å². The molecule has 0 fully saturated rings. The highest BCUT2D eigenvalue weighted by molar-refractivity contribution is 8.02. The lowest BCUT2D eigenvalue weighted by Gasteiger charge is -2.23. The lowest BCUT2D eigenvalue weighted by Crippen LogP contribution is -2.29. The minimum Gasteiger partial charge on any atom is -0.480 e. The van der Waals surface area contributed by atoms with E-state index >= 15 is 0 Å². The Morgan fingerprint density at radius 2 is 1.88 bits per heavy atom. The topological polar surface area (TPSA) is 79.2 Å². The molecule has 0 radical (unpaired) electrons. The number of aliphatic carboxylic acids is 1. The summed E-state index contributed by atoms with van der Waals surface area (Å²) in [6, 6.07) is 0.872. The van der Waals surface area contributed by atoms with Gasteiger partial charge in [-0.2, -0.15) is 13.2 Å². The van der Waals surface area contributed by atoms with Gasteiger partial charge in [-0.25, -0.2) is 15.0 Å². The first kappa shape index (κ1) is 26.4. The second-order valence-corrected chi connectivity index (χ2v) is 10.6. The van der Waals surface area contributed by atoms with Crippen LogP contribution in [0.3, 0.4) is 0 Å². The molecule has 0 aliphatic carbocycles. The van der Waals surface area contributed by atoms with Crippen LogP contribution in [0, 0.1) is 0 Å². The molecule has 2 aromatic heterocycles. The molecule has 0 aromatic carbocycles. The summed E-state index contributed by atoms with van der Waals surface area (Å²) in [4.78, 5) is 25.4. The van der Waals surface area contributed by atoms with Crippen molar-refractivity contribution >= 4 is 35.0 Å². The van der Waals surface area contributed by atoms with Crippen molar-refractivity contribution in [2.75, 3.05) is 18.0 Å². The highest BCUT2D eigenvalue weighted by Gasteiger charge is 2.33. The molecule has 2 rings (SSSR count). The summed E-state index contributed by atoms with van der Waals surface area (Å²) in [6.45, 7) is 6.34. The molecule has 2 aromatic rings. The minimum absolute atomic E-state index is 0.0622. The van der Waals surface area contributed by atoms with E-state index in [2.05, 4.69) is 21.9 Å². The number of thioether (sulfide) groups is 1. The molecule has 0 spiro atoms. The van der Waals surface area contributed by atoms with Crippen LogP contribution in [-0.2, 0) is 17.4 Å². The molecule has 0 amide bonds. The van der Waals surface area contributed by atoms with Crippen molar-refractivity contribution in [1.29, 1.82) is 0 Å². The van der Waals surface area contributed by atoms with Gasteiger partial charge in [-0.1, -0.05) is 44.4 Å². The fraction of sp³-hybridized carbons (Fsp3) is 0.619. The molecular weight excluding hydrogens is 461 g/mol. The Hall–Kier alpha value is -1.88. The fourth-order valence-corrected chi connectivity index (χ4v) is 5.06.